The van der Waals surface area contributed by atoms with Gasteiger partial charge in [-0.1, -0.05) is 23.7 Å². The number of halogens is 3. The van der Waals surface area contributed by atoms with Crippen molar-refractivity contribution in [3.05, 3.63) is 49.8 Å². The third kappa shape index (κ3) is 4.35. The summed E-state index contributed by atoms with van der Waals surface area (Å²) in [6.07, 6.45) is -2.60. The molecule has 0 fully saturated rings. The molecule has 0 unspecified atom stereocenters. The molecular formula is C15H13F2INO2Y-. The van der Waals surface area contributed by atoms with Gasteiger partial charge in [0.05, 0.1) is 13.7 Å². The van der Waals surface area contributed by atoms with Crippen LogP contribution in [0.4, 0.5) is 8.78 Å². The van der Waals surface area contributed by atoms with Crippen LogP contribution in [0.5, 0.6) is 5.75 Å². The molecule has 0 amide bonds. The Hall–Kier alpha value is -0.336. The molecule has 0 aliphatic heterocycles. The fraction of sp³-hybridized carbons (Fsp3) is 0.267. The van der Waals surface area contributed by atoms with Gasteiger partial charge in [-0.15, -0.1) is 28.7 Å². The van der Waals surface area contributed by atoms with Crippen LogP contribution in [0.15, 0.2) is 29.1 Å². The van der Waals surface area contributed by atoms with Crippen LogP contribution >= 0.6 is 22.6 Å². The number of pyridine rings is 1. The Labute approximate surface area is 166 Å². The van der Waals surface area contributed by atoms with Crippen LogP contribution < -0.4 is 10.3 Å². The van der Waals surface area contributed by atoms with E-state index >= 15 is 0 Å². The fourth-order valence-corrected chi connectivity index (χ4v) is 2.51. The van der Waals surface area contributed by atoms with Crippen molar-refractivity contribution in [1.82, 2.24) is 4.57 Å². The maximum Gasteiger partial charge on any atom is 0.256 e. The molecule has 0 aliphatic carbocycles. The molecule has 2 aromatic rings. The molecule has 0 aliphatic rings. The number of alkyl halides is 2. The molecule has 0 bridgehead atoms. The number of hydrogen-bond donors (Lipinski definition) is 0. The summed E-state index contributed by atoms with van der Waals surface area (Å²) >= 11 is 1.82. The van der Waals surface area contributed by atoms with E-state index in [2.05, 4.69) is 6.07 Å². The molecule has 1 aromatic heterocycles. The van der Waals surface area contributed by atoms with Crippen LogP contribution in [0, 0.1) is 16.6 Å². The van der Waals surface area contributed by atoms with Gasteiger partial charge in [-0.3, -0.25) is 4.79 Å². The van der Waals surface area contributed by atoms with Gasteiger partial charge >= 0.3 is 0 Å². The van der Waals surface area contributed by atoms with Gasteiger partial charge < -0.3 is 9.30 Å². The van der Waals surface area contributed by atoms with Crippen molar-refractivity contribution >= 4 is 22.6 Å². The normalized spacial score (nSPS) is 10.5. The smallest absolute Gasteiger partial charge is 0.256 e. The Morgan fingerprint density at radius 3 is 2.64 bits per heavy atom. The molecule has 0 atom stereocenters. The number of aromatic nitrogens is 1. The Morgan fingerprint density at radius 2 is 2.09 bits per heavy atom. The number of rotatable bonds is 4. The minimum Gasteiger partial charge on any atom is -0.497 e. The van der Waals surface area contributed by atoms with Crippen molar-refractivity contribution < 1.29 is 46.2 Å². The van der Waals surface area contributed by atoms with Gasteiger partial charge in [-0.25, -0.2) is 8.78 Å². The van der Waals surface area contributed by atoms with E-state index in [1.54, 1.807) is 25.3 Å². The van der Waals surface area contributed by atoms with Crippen molar-refractivity contribution in [3.8, 4) is 17.0 Å². The van der Waals surface area contributed by atoms with E-state index < -0.39 is 18.5 Å². The largest absolute Gasteiger partial charge is 0.497 e. The van der Waals surface area contributed by atoms with E-state index in [1.165, 1.54) is 6.07 Å². The average Bonchev–Trinajstić information content (AvgIpc) is 2.44. The number of methoxy groups -OCH3 is 1. The summed E-state index contributed by atoms with van der Waals surface area (Å²) < 4.78 is 32.1. The molecule has 0 saturated carbocycles. The van der Waals surface area contributed by atoms with Crippen LogP contribution in [-0.4, -0.2) is 18.1 Å². The topological polar surface area (TPSA) is 31.2 Å². The minimum atomic E-state index is -2.60. The quantitative estimate of drug-likeness (QED) is 0.483. The van der Waals surface area contributed by atoms with Crippen molar-refractivity contribution in [2.75, 3.05) is 7.11 Å². The second-order valence-electron chi connectivity index (χ2n) is 4.47. The van der Waals surface area contributed by atoms with Gasteiger partial charge in [-0.2, -0.15) is 12.1 Å². The van der Waals surface area contributed by atoms with Gasteiger partial charge in [0.2, 0.25) is 5.56 Å². The van der Waals surface area contributed by atoms with Crippen molar-refractivity contribution in [2.45, 2.75) is 19.9 Å². The van der Waals surface area contributed by atoms with E-state index in [0.29, 0.717) is 20.6 Å². The number of ether oxygens (including phenoxy) is 1. The third-order valence-electron chi connectivity index (χ3n) is 3.06. The van der Waals surface area contributed by atoms with Crippen LogP contribution in [-0.2, 0) is 39.3 Å². The monoisotopic (exact) mass is 493 g/mol. The first-order valence-corrected chi connectivity index (χ1v) is 7.26. The molecule has 7 heteroatoms. The zero-order chi connectivity index (χ0) is 15.6. The summed E-state index contributed by atoms with van der Waals surface area (Å²) in [5, 5.41) is 0. The Morgan fingerprint density at radius 1 is 1.41 bits per heavy atom. The molecule has 0 saturated heterocycles. The molecule has 2 rings (SSSR count). The molecule has 0 N–H and O–H groups in total. The standard InChI is InChI=1S/C15H13F2INO2.Y/c1-9-7-10(21-2)3-4-11(9)13-6-5-12(18)15(20)19(13)8-14(16)17;/h3-5,7,14H,8H2,1-2H3;/q-1;. The molecule has 0 spiro atoms. The zero-order valence-electron chi connectivity index (χ0n) is 12.1. The maximum atomic E-state index is 12.8. The van der Waals surface area contributed by atoms with E-state index in [-0.39, 0.29) is 32.7 Å². The van der Waals surface area contributed by atoms with Gasteiger partial charge in [0.25, 0.3) is 6.43 Å². The first-order chi connectivity index (χ1) is 9.93. The summed E-state index contributed by atoms with van der Waals surface area (Å²) in [5.74, 6) is 0.671. The zero-order valence-corrected chi connectivity index (χ0v) is 17.1. The predicted molar refractivity (Wildman–Crippen MR) is 85.0 cm³/mol. The Balaban J connectivity index is 0.00000242. The predicted octanol–water partition coefficient (Wildman–Crippen LogP) is 3.50. The first-order valence-electron chi connectivity index (χ1n) is 6.18. The molecular weight excluding hydrogens is 480 g/mol. The number of benzene rings is 1. The molecule has 115 valence electrons. The Bertz CT molecular complexity index is 719. The molecule has 22 heavy (non-hydrogen) atoms. The van der Waals surface area contributed by atoms with Gasteiger partial charge in [-0.05, 0) is 15.7 Å². The third-order valence-corrected chi connectivity index (χ3v) is 3.84. The maximum absolute atomic E-state index is 12.8. The summed E-state index contributed by atoms with van der Waals surface area (Å²) in [4.78, 5) is 12.1. The van der Waals surface area contributed by atoms with Crippen LogP contribution in [0.3, 0.4) is 0 Å². The van der Waals surface area contributed by atoms with E-state index in [0.717, 1.165) is 10.1 Å². The van der Waals surface area contributed by atoms with E-state index in [9.17, 15) is 13.6 Å². The van der Waals surface area contributed by atoms with Crippen LogP contribution in [0.2, 0.25) is 0 Å². The number of nitrogens with zero attached hydrogens (tertiary/aromatic N) is 1. The van der Waals surface area contributed by atoms with Crippen LogP contribution in [0.25, 0.3) is 11.3 Å². The van der Waals surface area contributed by atoms with Gasteiger partial charge in [0.15, 0.2) is 0 Å². The van der Waals surface area contributed by atoms with E-state index in [1.807, 2.05) is 29.5 Å². The molecule has 1 radical (unpaired) electrons. The minimum absolute atomic E-state index is 0. The molecule has 1 aromatic carbocycles. The average molecular weight is 493 g/mol. The van der Waals surface area contributed by atoms with E-state index in [4.69, 9.17) is 4.74 Å². The summed E-state index contributed by atoms with van der Waals surface area (Å²) in [6, 6.07) is 9.71. The van der Waals surface area contributed by atoms with Crippen molar-refractivity contribution in [3.63, 3.8) is 0 Å². The fourth-order valence-electron chi connectivity index (χ4n) is 2.07. The number of aryl methyl sites for hydroxylation is 1. The summed E-state index contributed by atoms with van der Waals surface area (Å²) in [7, 11) is 1.55. The SMILES string of the molecule is COc1ccc(-c2[c-]cc(I)c(=O)n2CC(F)F)c(C)c1.[Y]. The van der Waals surface area contributed by atoms with Crippen LogP contribution in [0.1, 0.15) is 5.56 Å². The first kappa shape index (κ1) is 19.7. The molecule has 1 heterocycles. The summed E-state index contributed by atoms with van der Waals surface area (Å²) in [5.41, 5.74) is 1.44. The van der Waals surface area contributed by atoms with Gasteiger partial charge in [0.1, 0.15) is 5.75 Å². The van der Waals surface area contributed by atoms with Crippen molar-refractivity contribution in [1.29, 1.82) is 0 Å². The molecule has 3 nitrogen and oxygen atoms in total. The van der Waals surface area contributed by atoms with Gasteiger partial charge in [0, 0.05) is 32.7 Å². The second-order valence-corrected chi connectivity index (χ2v) is 5.64. The number of hydrogen-bond acceptors (Lipinski definition) is 2. The summed E-state index contributed by atoms with van der Waals surface area (Å²) in [6.45, 7) is 1.19. The second kappa shape index (κ2) is 8.50. The van der Waals surface area contributed by atoms with Crippen molar-refractivity contribution in [2.24, 2.45) is 0 Å². The Kier molecular flexibility index (Phi) is 7.61.